The van der Waals surface area contributed by atoms with E-state index in [0.29, 0.717) is 23.5 Å². The molecule has 0 aliphatic heterocycles. The van der Waals surface area contributed by atoms with Gasteiger partial charge in [0.05, 0.1) is 17.0 Å². The molecule has 0 radical (unpaired) electrons. The number of carbonyl (C=O) groups excluding carboxylic acids is 2. The molecular weight excluding hydrogens is 387 g/mol. The Balaban J connectivity index is 1.53. The fourth-order valence-electron chi connectivity index (χ4n) is 2.69. The molecule has 0 unspecified atom stereocenters. The van der Waals surface area contributed by atoms with E-state index < -0.39 is 0 Å². The Kier molecular flexibility index (Phi) is 7.41. The van der Waals surface area contributed by atoms with E-state index in [2.05, 4.69) is 10.6 Å². The summed E-state index contributed by atoms with van der Waals surface area (Å²) in [6.45, 7) is 0.412. The predicted octanol–water partition coefficient (Wildman–Crippen LogP) is 4.63. The normalized spacial score (nSPS) is 10.4. The number of benzene rings is 3. The van der Waals surface area contributed by atoms with Gasteiger partial charge in [0, 0.05) is 12.3 Å². The monoisotopic (exact) mass is 408 g/mol. The van der Waals surface area contributed by atoms with E-state index in [1.165, 1.54) is 23.9 Å². The van der Waals surface area contributed by atoms with Crippen molar-refractivity contribution in [3.05, 3.63) is 101 Å². The number of thioether (sulfide) groups is 1. The van der Waals surface area contributed by atoms with Gasteiger partial charge in [-0.3, -0.25) is 9.59 Å². The summed E-state index contributed by atoms with van der Waals surface area (Å²) < 4.78 is 12.9. The first-order chi connectivity index (χ1) is 14.1. The Morgan fingerprint density at radius 3 is 2.28 bits per heavy atom. The zero-order chi connectivity index (χ0) is 20.5. The zero-order valence-electron chi connectivity index (χ0n) is 15.7. The van der Waals surface area contributed by atoms with Gasteiger partial charge in [-0.2, -0.15) is 0 Å². The zero-order valence-corrected chi connectivity index (χ0v) is 16.5. The molecule has 0 spiro atoms. The maximum absolute atomic E-state index is 12.9. The van der Waals surface area contributed by atoms with Crippen LogP contribution in [0.1, 0.15) is 21.5 Å². The molecule has 0 aliphatic rings. The molecule has 0 aromatic heterocycles. The van der Waals surface area contributed by atoms with Gasteiger partial charge in [0.25, 0.3) is 5.91 Å². The van der Waals surface area contributed by atoms with E-state index in [1.54, 1.807) is 36.4 Å². The Bertz CT molecular complexity index is 962. The molecule has 0 heterocycles. The van der Waals surface area contributed by atoms with E-state index in [1.807, 2.05) is 30.3 Å². The number of rotatable bonds is 8. The lowest BCUT2D eigenvalue weighted by Crippen LogP contribution is -2.25. The third kappa shape index (κ3) is 6.47. The number of hydrogen-bond acceptors (Lipinski definition) is 3. The van der Waals surface area contributed by atoms with E-state index in [-0.39, 0.29) is 23.4 Å². The third-order valence-corrected chi connectivity index (χ3v) is 5.16. The molecule has 0 saturated heterocycles. The second-order valence-corrected chi connectivity index (χ2v) is 7.37. The summed E-state index contributed by atoms with van der Waals surface area (Å²) in [5, 5.41) is 5.68. The standard InChI is InChI=1S/C23H21FN2O2S/c24-19-12-10-18(11-13-19)15-29-16-22(27)26-21-9-5-4-8-20(21)23(28)25-14-17-6-2-1-3-7-17/h1-13H,14-16H2,(H,25,28)(H,26,27). The molecule has 29 heavy (non-hydrogen) atoms. The summed E-state index contributed by atoms with van der Waals surface area (Å²) in [7, 11) is 0. The molecule has 0 aliphatic carbocycles. The molecule has 2 N–H and O–H groups in total. The second-order valence-electron chi connectivity index (χ2n) is 6.38. The maximum Gasteiger partial charge on any atom is 0.253 e. The molecule has 0 saturated carbocycles. The van der Waals surface area contributed by atoms with Crippen LogP contribution in [0, 0.1) is 5.82 Å². The molecule has 0 atom stereocenters. The fraction of sp³-hybridized carbons (Fsp3) is 0.130. The van der Waals surface area contributed by atoms with Crippen LogP contribution in [0.4, 0.5) is 10.1 Å². The van der Waals surface area contributed by atoms with E-state index >= 15 is 0 Å². The highest BCUT2D eigenvalue weighted by Crippen LogP contribution is 2.17. The molecule has 3 rings (SSSR count). The summed E-state index contributed by atoms with van der Waals surface area (Å²) in [6.07, 6.45) is 0. The number of nitrogens with one attached hydrogen (secondary N) is 2. The number of para-hydroxylation sites is 1. The van der Waals surface area contributed by atoms with Gasteiger partial charge in [-0.05, 0) is 35.4 Å². The third-order valence-electron chi connectivity index (χ3n) is 4.16. The fourth-order valence-corrected chi connectivity index (χ4v) is 3.48. The summed E-state index contributed by atoms with van der Waals surface area (Å²) in [5.41, 5.74) is 2.84. The van der Waals surface area contributed by atoms with Gasteiger partial charge in [-0.15, -0.1) is 11.8 Å². The van der Waals surface area contributed by atoms with Crippen LogP contribution in [-0.4, -0.2) is 17.6 Å². The van der Waals surface area contributed by atoms with E-state index in [0.717, 1.165) is 11.1 Å². The Hall–Kier alpha value is -3.12. The molecule has 0 bridgehead atoms. The van der Waals surface area contributed by atoms with Gasteiger partial charge in [-0.25, -0.2) is 4.39 Å². The second kappa shape index (κ2) is 10.4. The number of carbonyl (C=O) groups is 2. The van der Waals surface area contributed by atoms with Crippen molar-refractivity contribution in [1.29, 1.82) is 0 Å². The quantitative estimate of drug-likeness (QED) is 0.571. The lowest BCUT2D eigenvalue weighted by Gasteiger charge is -2.11. The molecule has 3 aromatic rings. The minimum atomic E-state index is -0.279. The number of amides is 2. The average molecular weight is 408 g/mol. The molecule has 148 valence electrons. The summed E-state index contributed by atoms with van der Waals surface area (Å²) in [5.74, 6) is 0.118. The van der Waals surface area contributed by atoms with Crippen LogP contribution in [0.2, 0.25) is 0 Å². The summed E-state index contributed by atoms with van der Waals surface area (Å²) in [4.78, 5) is 24.8. The maximum atomic E-state index is 12.9. The lowest BCUT2D eigenvalue weighted by molar-refractivity contribution is -0.113. The van der Waals surface area contributed by atoms with Gasteiger partial charge in [0.15, 0.2) is 0 Å². The van der Waals surface area contributed by atoms with Crippen molar-refractivity contribution in [2.45, 2.75) is 12.3 Å². The minimum Gasteiger partial charge on any atom is -0.348 e. The highest BCUT2D eigenvalue weighted by molar-refractivity contribution is 7.99. The first kappa shape index (κ1) is 20.6. The van der Waals surface area contributed by atoms with Crippen LogP contribution < -0.4 is 10.6 Å². The Labute approximate surface area is 173 Å². The van der Waals surface area contributed by atoms with Crippen LogP contribution in [0.25, 0.3) is 0 Å². The van der Waals surface area contributed by atoms with Gasteiger partial charge in [0.2, 0.25) is 5.91 Å². The van der Waals surface area contributed by atoms with E-state index in [4.69, 9.17) is 0 Å². The minimum absolute atomic E-state index is 0.194. The van der Waals surface area contributed by atoms with Crippen LogP contribution in [0.3, 0.4) is 0 Å². The first-order valence-electron chi connectivity index (χ1n) is 9.15. The molecule has 3 aromatic carbocycles. The number of anilines is 1. The van der Waals surface area contributed by atoms with Crippen molar-refractivity contribution in [3.8, 4) is 0 Å². The number of hydrogen-bond donors (Lipinski definition) is 2. The molecule has 0 fully saturated rings. The first-order valence-corrected chi connectivity index (χ1v) is 10.3. The molecule has 6 heteroatoms. The van der Waals surface area contributed by atoms with Crippen LogP contribution in [0.5, 0.6) is 0 Å². The molecular formula is C23H21FN2O2S. The summed E-state index contributed by atoms with van der Waals surface area (Å²) in [6, 6.07) is 22.8. The smallest absolute Gasteiger partial charge is 0.253 e. The Morgan fingerprint density at radius 2 is 1.52 bits per heavy atom. The predicted molar refractivity (Wildman–Crippen MR) is 115 cm³/mol. The topological polar surface area (TPSA) is 58.2 Å². The van der Waals surface area contributed by atoms with Gasteiger partial charge in [-0.1, -0.05) is 54.6 Å². The number of halogens is 1. The average Bonchev–Trinajstić information content (AvgIpc) is 2.74. The lowest BCUT2D eigenvalue weighted by atomic mass is 10.1. The SMILES string of the molecule is O=C(CSCc1ccc(F)cc1)Nc1ccccc1C(=O)NCc1ccccc1. The van der Waals surface area contributed by atoms with Crippen molar-refractivity contribution < 1.29 is 14.0 Å². The highest BCUT2D eigenvalue weighted by atomic mass is 32.2. The summed E-state index contributed by atoms with van der Waals surface area (Å²) >= 11 is 1.43. The van der Waals surface area contributed by atoms with E-state index in [9.17, 15) is 14.0 Å². The largest absolute Gasteiger partial charge is 0.348 e. The van der Waals surface area contributed by atoms with Crippen molar-refractivity contribution in [2.75, 3.05) is 11.1 Å². The van der Waals surface area contributed by atoms with Gasteiger partial charge >= 0.3 is 0 Å². The Morgan fingerprint density at radius 1 is 0.828 bits per heavy atom. The van der Waals surface area contributed by atoms with Crippen LogP contribution >= 0.6 is 11.8 Å². The van der Waals surface area contributed by atoms with Crippen molar-refractivity contribution in [2.24, 2.45) is 0 Å². The van der Waals surface area contributed by atoms with Gasteiger partial charge in [0.1, 0.15) is 5.82 Å². The van der Waals surface area contributed by atoms with Crippen molar-refractivity contribution in [1.82, 2.24) is 5.32 Å². The molecule has 4 nitrogen and oxygen atoms in total. The van der Waals surface area contributed by atoms with Crippen LogP contribution in [-0.2, 0) is 17.1 Å². The van der Waals surface area contributed by atoms with Crippen molar-refractivity contribution >= 4 is 29.3 Å². The van der Waals surface area contributed by atoms with Crippen molar-refractivity contribution in [3.63, 3.8) is 0 Å². The molecule has 2 amide bonds. The highest BCUT2D eigenvalue weighted by Gasteiger charge is 2.13. The van der Waals surface area contributed by atoms with Crippen LogP contribution in [0.15, 0.2) is 78.9 Å². The van der Waals surface area contributed by atoms with Gasteiger partial charge < -0.3 is 10.6 Å².